The van der Waals surface area contributed by atoms with Crippen LogP contribution in [0.3, 0.4) is 0 Å². The first kappa shape index (κ1) is 14.0. The van der Waals surface area contributed by atoms with Crippen LogP contribution in [0, 0.1) is 11.3 Å². The van der Waals surface area contributed by atoms with Gasteiger partial charge in [-0.05, 0) is 18.8 Å². The molecule has 21 heavy (non-hydrogen) atoms. The van der Waals surface area contributed by atoms with Gasteiger partial charge in [-0.3, -0.25) is 14.4 Å². The largest absolute Gasteiger partial charge is 0.481 e. The molecule has 7 heteroatoms. The van der Waals surface area contributed by atoms with Crippen LogP contribution in [0.5, 0.6) is 0 Å². The van der Waals surface area contributed by atoms with Crippen LogP contribution in [-0.2, 0) is 14.4 Å². The molecule has 1 saturated carbocycles. The minimum absolute atomic E-state index is 0.0440. The number of carbonyl (C=O) groups is 3. The summed E-state index contributed by atoms with van der Waals surface area (Å²) in [5, 5.41) is 14.8. The average Bonchev–Trinajstić information content (AvgIpc) is 2.98. The number of hydrazone groups is 1. The monoisotopic (exact) mass is 293 g/mol. The van der Waals surface area contributed by atoms with Gasteiger partial charge >= 0.3 is 5.97 Å². The first-order valence-corrected chi connectivity index (χ1v) is 7.31. The first-order valence-electron chi connectivity index (χ1n) is 7.31. The first-order chi connectivity index (χ1) is 9.94. The van der Waals surface area contributed by atoms with Crippen molar-refractivity contribution in [2.45, 2.75) is 32.1 Å². The van der Waals surface area contributed by atoms with E-state index in [1.54, 1.807) is 4.90 Å². The molecule has 2 heterocycles. The highest BCUT2D eigenvalue weighted by molar-refractivity contribution is 6.39. The van der Waals surface area contributed by atoms with Gasteiger partial charge in [0.2, 0.25) is 5.91 Å². The van der Waals surface area contributed by atoms with Gasteiger partial charge < -0.3 is 10.0 Å². The zero-order valence-electron chi connectivity index (χ0n) is 12.0. The standard InChI is InChI=1S/C14H19N3O4/c1-16-11(18)5-4-10(15-16)12(19)17-7-9-3-2-6-14(9,8-17)13(20)21/h9H,2-8H2,1H3,(H,20,21)/t9-,14+/m0/s1. The Kier molecular flexibility index (Phi) is 3.22. The molecule has 1 saturated heterocycles. The molecule has 1 aliphatic carbocycles. The van der Waals surface area contributed by atoms with Gasteiger partial charge in [0.25, 0.3) is 5.91 Å². The van der Waals surface area contributed by atoms with Crippen molar-refractivity contribution in [2.75, 3.05) is 20.1 Å². The third-order valence-electron chi connectivity index (χ3n) is 5.04. The number of carboxylic acids is 1. The Morgan fingerprint density at radius 2 is 2.14 bits per heavy atom. The lowest BCUT2D eigenvalue weighted by atomic mass is 9.81. The minimum Gasteiger partial charge on any atom is -0.481 e. The Morgan fingerprint density at radius 3 is 2.76 bits per heavy atom. The van der Waals surface area contributed by atoms with Crippen LogP contribution >= 0.6 is 0 Å². The Labute approximate surface area is 122 Å². The molecule has 2 aliphatic heterocycles. The number of carbonyl (C=O) groups excluding carboxylic acids is 2. The van der Waals surface area contributed by atoms with Gasteiger partial charge in [-0.25, -0.2) is 5.01 Å². The van der Waals surface area contributed by atoms with Crippen molar-refractivity contribution in [3.8, 4) is 0 Å². The smallest absolute Gasteiger partial charge is 0.311 e. The van der Waals surface area contributed by atoms with Crippen molar-refractivity contribution in [1.29, 1.82) is 0 Å². The van der Waals surface area contributed by atoms with E-state index in [4.69, 9.17) is 0 Å². The summed E-state index contributed by atoms with van der Waals surface area (Å²) in [5.74, 6) is -1.07. The number of nitrogens with zero attached hydrogens (tertiary/aromatic N) is 3. The fourth-order valence-electron chi connectivity index (χ4n) is 3.80. The molecule has 0 unspecified atom stereocenters. The molecule has 3 aliphatic rings. The second-order valence-corrected chi connectivity index (χ2v) is 6.20. The number of hydrogen-bond donors (Lipinski definition) is 1. The van der Waals surface area contributed by atoms with Gasteiger partial charge in [0.15, 0.2) is 0 Å². The maximum absolute atomic E-state index is 12.5. The van der Waals surface area contributed by atoms with Gasteiger partial charge in [-0.1, -0.05) is 6.42 Å². The van der Waals surface area contributed by atoms with E-state index in [9.17, 15) is 19.5 Å². The third-order valence-corrected chi connectivity index (χ3v) is 5.04. The molecular weight excluding hydrogens is 274 g/mol. The van der Waals surface area contributed by atoms with E-state index in [1.807, 2.05) is 0 Å². The molecule has 2 atom stereocenters. The molecule has 0 bridgehead atoms. The fourth-order valence-corrected chi connectivity index (χ4v) is 3.80. The quantitative estimate of drug-likeness (QED) is 0.793. The lowest BCUT2D eigenvalue weighted by molar-refractivity contribution is -0.149. The Hall–Kier alpha value is -1.92. The molecule has 0 aromatic rings. The second-order valence-electron chi connectivity index (χ2n) is 6.20. The van der Waals surface area contributed by atoms with Crippen molar-refractivity contribution < 1.29 is 19.5 Å². The zero-order valence-corrected chi connectivity index (χ0v) is 12.0. The normalized spacial score (nSPS) is 32.1. The number of likely N-dealkylation sites (tertiary alicyclic amines) is 1. The Balaban J connectivity index is 1.78. The van der Waals surface area contributed by atoms with Gasteiger partial charge in [-0.15, -0.1) is 0 Å². The lowest BCUT2D eigenvalue weighted by Crippen LogP contribution is -2.42. The predicted molar refractivity (Wildman–Crippen MR) is 73.4 cm³/mol. The number of hydrogen-bond acceptors (Lipinski definition) is 4. The maximum Gasteiger partial charge on any atom is 0.311 e. The minimum atomic E-state index is -0.793. The molecule has 2 fully saturated rings. The Bertz CT molecular complexity index is 544. The third kappa shape index (κ3) is 2.11. The van der Waals surface area contributed by atoms with E-state index in [1.165, 1.54) is 12.1 Å². The van der Waals surface area contributed by atoms with E-state index in [2.05, 4.69) is 5.10 Å². The van der Waals surface area contributed by atoms with Gasteiger partial charge in [-0.2, -0.15) is 5.10 Å². The summed E-state index contributed by atoms with van der Waals surface area (Å²) in [6, 6.07) is 0. The molecule has 0 aromatic heterocycles. The van der Waals surface area contributed by atoms with Crippen molar-refractivity contribution in [2.24, 2.45) is 16.4 Å². The van der Waals surface area contributed by atoms with Crippen molar-refractivity contribution in [3.05, 3.63) is 0 Å². The molecule has 0 radical (unpaired) electrons. The lowest BCUT2D eigenvalue weighted by Gasteiger charge is -2.25. The highest BCUT2D eigenvalue weighted by atomic mass is 16.4. The highest BCUT2D eigenvalue weighted by Crippen LogP contribution is 2.48. The van der Waals surface area contributed by atoms with E-state index >= 15 is 0 Å². The second kappa shape index (κ2) is 4.82. The average molecular weight is 293 g/mol. The molecule has 3 rings (SSSR count). The summed E-state index contributed by atoms with van der Waals surface area (Å²) in [6.45, 7) is 0.754. The molecule has 0 aromatic carbocycles. The molecule has 2 amide bonds. The number of aliphatic carboxylic acids is 1. The number of amides is 2. The molecule has 7 nitrogen and oxygen atoms in total. The molecular formula is C14H19N3O4. The van der Waals surface area contributed by atoms with Gasteiger partial charge in [0.1, 0.15) is 5.71 Å². The predicted octanol–water partition coefficient (Wildman–Crippen LogP) is 0.308. The molecule has 114 valence electrons. The summed E-state index contributed by atoms with van der Waals surface area (Å²) < 4.78 is 0. The van der Waals surface area contributed by atoms with Crippen LogP contribution < -0.4 is 0 Å². The zero-order chi connectivity index (χ0) is 15.2. The summed E-state index contributed by atoms with van der Waals surface area (Å²) in [6.07, 6.45) is 3.03. The number of rotatable bonds is 2. The SMILES string of the molecule is CN1N=C(C(=O)N2C[C@@H]3CCC[C@@]3(C(=O)O)C2)CCC1=O. The molecule has 1 N–H and O–H groups in total. The van der Waals surface area contributed by atoms with Crippen LogP contribution in [0.1, 0.15) is 32.1 Å². The summed E-state index contributed by atoms with van der Waals surface area (Å²) in [7, 11) is 1.53. The van der Waals surface area contributed by atoms with E-state index in [-0.39, 0.29) is 30.7 Å². The highest BCUT2D eigenvalue weighted by Gasteiger charge is 2.56. The summed E-state index contributed by atoms with van der Waals surface area (Å²) in [4.78, 5) is 37.1. The van der Waals surface area contributed by atoms with Crippen LogP contribution in [-0.4, -0.2) is 58.6 Å². The number of carboxylic acid groups (broad SMARTS) is 1. The maximum atomic E-state index is 12.5. The van der Waals surface area contributed by atoms with E-state index < -0.39 is 11.4 Å². The van der Waals surface area contributed by atoms with Crippen molar-refractivity contribution >= 4 is 23.5 Å². The number of fused-ring (bicyclic) bond motifs is 1. The molecule has 0 spiro atoms. The summed E-state index contributed by atoms with van der Waals surface area (Å²) >= 11 is 0. The Morgan fingerprint density at radius 1 is 1.38 bits per heavy atom. The fraction of sp³-hybridized carbons (Fsp3) is 0.714. The topological polar surface area (TPSA) is 90.3 Å². The van der Waals surface area contributed by atoms with Gasteiger partial charge in [0.05, 0.1) is 5.41 Å². The van der Waals surface area contributed by atoms with E-state index in [0.717, 1.165) is 12.8 Å². The van der Waals surface area contributed by atoms with Crippen LogP contribution in [0.25, 0.3) is 0 Å². The van der Waals surface area contributed by atoms with Crippen LogP contribution in [0.4, 0.5) is 0 Å². The van der Waals surface area contributed by atoms with E-state index in [0.29, 0.717) is 25.1 Å². The van der Waals surface area contributed by atoms with Gasteiger partial charge in [0, 0.05) is 33.0 Å². The summed E-state index contributed by atoms with van der Waals surface area (Å²) in [5.41, 5.74) is -0.412. The van der Waals surface area contributed by atoms with Crippen molar-refractivity contribution in [1.82, 2.24) is 9.91 Å². The van der Waals surface area contributed by atoms with Crippen LogP contribution in [0.2, 0.25) is 0 Å². The van der Waals surface area contributed by atoms with Crippen molar-refractivity contribution in [3.63, 3.8) is 0 Å². The van der Waals surface area contributed by atoms with Crippen LogP contribution in [0.15, 0.2) is 5.10 Å².